The van der Waals surface area contributed by atoms with E-state index in [-0.39, 0.29) is 5.91 Å². The smallest absolute Gasteiger partial charge is 0.274 e. The van der Waals surface area contributed by atoms with Gasteiger partial charge in [0.1, 0.15) is 5.69 Å². The summed E-state index contributed by atoms with van der Waals surface area (Å²) in [6, 6.07) is 12.6. The number of nitrogens with zero attached hydrogens (tertiary/aromatic N) is 3. The van der Waals surface area contributed by atoms with Crippen LogP contribution in [0.5, 0.6) is 0 Å². The lowest BCUT2D eigenvalue weighted by atomic mass is 9.94. The molecule has 0 spiro atoms. The Kier molecular flexibility index (Phi) is 5.84. The summed E-state index contributed by atoms with van der Waals surface area (Å²) in [7, 11) is 0. The monoisotopic (exact) mass is 368 g/mol. The molecule has 2 aliphatic heterocycles. The average molecular weight is 368 g/mol. The van der Waals surface area contributed by atoms with Crippen LogP contribution in [0.4, 0.5) is 0 Å². The molecule has 2 saturated heterocycles. The predicted octanol–water partition coefficient (Wildman–Crippen LogP) is 2.30. The lowest BCUT2D eigenvalue weighted by Gasteiger charge is -2.32. The van der Waals surface area contributed by atoms with Crippen molar-refractivity contribution in [3.8, 4) is 0 Å². The normalized spacial score (nSPS) is 21.3. The molecule has 0 saturated carbocycles. The lowest BCUT2D eigenvalue weighted by Crippen LogP contribution is -2.40. The minimum Gasteiger partial charge on any atom is -0.378 e. The molecule has 1 aromatic heterocycles. The fourth-order valence-corrected chi connectivity index (χ4v) is 4.03. The third-order valence-electron chi connectivity index (χ3n) is 5.62. The number of aromatic nitrogens is 2. The number of H-pyrrole nitrogens is 1. The molecule has 0 unspecified atom stereocenters. The van der Waals surface area contributed by atoms with E-state index in [2.05, 4.69) is 45.4 Å². The number of piperidine rings is 1. The van der Waals surface area contributed by atoms with Gasteiger partial charge in [-0.3, -0.25) is 9.89 Å². The van der Waals surface area contributed by atoms with Crippen molar-refractivity contribution in [2.75, 3.05) is 45.9 Å². The summed E-state index contributed by atoms with van der Waals surface area (Å²) >= 11 is 0. The van der Waals surface area contributed by atoms with Crippen LogP contribution in [0.25, 0.3) is 0 Å². The third-order valence-corrected chi connectivity index (χ3v) is 5.62. The molecule has 0 radical (unpaired) electrons. The van der Waals surface area contributed by atoms with Crippen molar-refractivity contribution >= 4 is 5.91 Å². The van der Waals surface area contributed by atoms with Gasteiger partial charge in [0.2, 0.25) is 0 Å². The lowest BCUT2D eigenvalue weighted by molar-refractivity contribution is 0.0299. The molecule has 0 aliphatic carbocycles. The van der Waals surface area contributed by atoms with E-state index in [1.54, 1.807) is 0 Å². The van der Waals surface area contributed by atoms with Gasteiger partial charge in [0.25, 0.3) is 5.91 Å². The van der Waals surface area contributed by atoms with Gasteiger partial charge < -0.3 is 14.5 Å². The SMILES string of the molecule is O=C(c1cc([C@@H]2CCCN(CCc3ccccc3)C2)[nH]n1)N1CCOCC1. The van der Waals surface area contributed by atoms with Crippen molar-refractivity contribution in [2.24, 2.45) is 0 Å². The maximum atomic E-state index is 12.6. The van der Waals surface area contributed by atoms with Crippen LogP contribution in [0, 0.1) is 0 Å². The quantitative estimate of drug-likeness (QED) is 0.880. The van der Waals surface area contributed by atoms with E-state index in [0.29, 0.717) is 37.9 Å². The van der Waals surface area contributed by atoms with Crippen LogP contribution in [0.15, 0.2) is 36.4 Å². The zero-order valence-electron chi connectivity index (χ0n) is 15.8. The fraction of sp³-hybridized carbons (Fsp3) is 0.524. The maximum Gasteiger partial charge on any atom is 0.274 e. The van der Waals surface area contributed by atoms with Crippen molar-refractivity contribution in [1.82, 2.24) is 20.0 Å². The second-order valence-corrected chi connectivity index (χ2v) is 7.49. The molecule has 1 N–H and O–H groups in total. The summed E-state index contributed by atoms with van der Waals surface area (Å²) in [6.45, 7) is 5.78. The summed E-state index contributed by atoms with van der Waals surface area (Å²) in [5.41, 5.74) is 3.02. The van der Waals surface area contributed by atoms with Gasteiger partial charge in [-0.25, -0.2) is 0 Å². The largest absolute Gasteiger partial charge is 0.378 e. The van der Waals surface area contributed by atoms with Gasteiger partial charge in [0, 0.05) is 37.8 Å². The highest BCUT2D eigenvalue weighted by atomic mass is 16.5. The van der Waals surface area contributed by atoms with Gasteiger partial charge in [-0.2, -0.15) is 5.10 Å². The van der Waals surface area contributed by atoms with E-state index in [9.17, 15) is 4.79 Å². The van der Waals surface area contributed by atoms with Crippen LogP contribution in [0.1, 0.15) is 40.5 Å². The number of likely N-dealkylation sites (tertiary alicyclic amines) is 1. The fourth-order valence-electron chi connectivity index (χ4n) is 4.03. The minimum atomic E-state index is 0.0116. The topological polar surface area (TPSA) is 61.5 Å². The predicted molar refractivity (Wildman–Crippen MR) is 104 cm³/mol. The highest BCUT2D eigenvalue weighted by Crippen LogP contribution is 2.26. The molecule has 0 bridgehead atoms. The molecule has 2 fully saturated rings. The number of hydrogen-bond acceptors (Lipinski definition) is 4. The Morgan fingerprint density at radius 3 is 2.81 bits per heavy atom. The first kappa shape index (κ1) is 18.2. The Balaban J connectivity index is 1.34. The number of aromatic amines is 1. The first-order valence-electron chi connectivity index (χ1n) is 9.98. The summed E-state index contributed by atoms with van der Waals surface area (Å²) in [6.07, 6.45) is 3.41. The highest BCUT2D eigenvalue weighted by Gasteiger charge is 2.25. The van der Waals surface area contributed by atoms with Crippen LogP contribution < -0.4 is 0 Å². The van der Waals surface area contributed by atoms with Crippen molar-refractivity contribution in [2.45, 2.75) is 25.2 Å². The number of rotatable bonds is 5. The van der Waals surface area contributed by atoms with Crippen LogP contribution in [0.3, 0.4) is 0 Å². The maximum absolute atomic E-state index is 12.6. The summed E-state index contributed by atoms with van der Waals surface area (Å²) < 4.78 is 5.33. The van der Waals surface area contributed by atoms with Crippen molar-refractivity contribution in [1.29, 1.82) is 0 Å². The standard InChI is InChI=1S/C21H28N4O2/c26-21(25-11-13-27-14-12-25)20-15-19(22-23-20)18-7-4-9-24(16-18)10-8-17-5-2-1-3-6-17/h1-3,5-6,15,18H,4,7-14,16H2,(H,22,23)/t18-/m1/s1. The number of benzene rings is 1. The van der Waals surface area contributed by atoms with E-state index >= 15 is 0 Å². The van der Waals surface area contributed by atoms with Crippen LogP contribution in [-0.4, -0.2) is 71.8 Å². The third kappa shape index (κ3) is 4.57. The van der Waals surface area contributed by atoms with E-state index in [4.69, 9.17) is 4.74 Å². The highest BCUT2D eigenvalue weighted by molar-refractivity contribution is 5.92. The minimum absolute atomic E-state index is 0.0116. The number of carbonyl (C=O) groups excluding carboxylic acids is 1. The van der Waals surface area contributed by atoms with Gasteiger partial charge in [0.05, 0.1) is 13.2 Å². The molecule has 1 aromatic carbocycles. The zero-order valence-corrected chi connectivity index (χ0v) is 15.8. The van der Waals surface area contributed by atoms with E-state index in [1.807, 2.05) is 11.0 Å². The number of nitrogens with one attached hydrogen (secondary N) is 1. The van der Waals surface area contributed by atoms with E-state index in [0.717, 1.165) is 38.2 Å². The number of hydrogen-bond donors (Lipinski definition) is 1. The second-order valence-electron chi connectivity index (χ2n) is 7.49. The molecule has 1 atom stereocenters. The Hall–Kier alpha value is -2.18. The number of morpholine rings is 1. The molecular weight excluding hydrogens is 340 g/mol. The van der Waals surface area contributed by atoms with Crippen LogP contribution in [0.2, 0.25) is 0 Å². The van der Waals surface area contributed by atoms with Gasteiger partial charge in [-0.1, -0.05) is 30.3 Å². The van der Waals surface area contributed by atoms with E-state index < -0.39 is 0 Å². The molecular formula is C21H28N4O2. The summed E-state index contributed by atoms with van der Waals surface area (Å²) in [5, 5.41) is 7.44. The molecule has 144 valence electrons. The van der Waals surface area contributed by atoms with Gasteiger partial charge >= 0.3 is 0 Å². The molecule has 4 rings (SSSR count). The Labute approximate surface area is 160 Å². The molecule has 3 heterocycles. The Bertz CT molecular complexity index is 740. The second kappa shape index (κ2) is 8.67. The van der Waals surface area contributed by atoms with Gasteiger partial charge in [0.15, 0.2) is 0 Å². The first-order chi connectivity index (χ1) is 13.3. The van der Waals surface area contributed by atoms with E-state index in [1.165, 1.54) is 12.0 Å². The number of carbonyl (C=O) groups is 1. The van der Waals surface area contributed by atoms with Gasteiger partial charge in [-0.05, 0) is 37.4 Å². The Morgan fingerprint density at radius 1 is 1.19 bits per heavy atom. The number of amides is 1. The average Bonchev–Trinajstić information content (AvgIpc) is 3.24. The number of ether oxygens (including phenoxy) is 1. The van der Waals surface area contributed by atoms with Crippen molar-refractivity contribution < 1.29 is 9.53 Å². The molecule has 27 heavy (non-hydrogen) atoms. The van der Waals surface area contributed by atoms with Crippen LogP contribution >= 0.6 is 0 Å². The molecule has 1 amide bonds. The van der Waals surface area contributed by atoms with Crippen molar-refractivity contribution in [3.63, 3.8) is 0 Å². The molecule has 2 aliphatic rings. The summed E-state index contributed by atoms with van der Waals surface area (Å²) in [4.78, 5) is 17.0. The van der Waals surface area contributed by atoms with Crippen LogP contribution in [-0.2, 0) is 11.2 Å². The molecule has 2 aromatic rings. The molecule has 6 heteroatoms. The van der Waals surface area contributed by atoms with Gasteiger partial charge in [-0.15, -0.1) is 0 Å². The summed E-state index contributed by atoms with van der Waals surface area (Å²) in [5.74, 6) is 0.436. The first-order valence-corrected chi connectivity index (χ1v) is 9.98. The zero-order chi connectivity index (χ0) is 18.5. The Morgan fingerprint density at radius 2 is 2.00 bits per heavy atom. The molecule has 6 nitrogen and oxygen atoms in total. The van der Waals surface area contributed by atoms with Crippen molar-refractivity contribution in [3.05, 3.63) is 53.3 Å².